The molecule has 0 aromatic carbocycles. The van der Waals surface area contributed by atoms with Crippen molar-refractivity contribution in [3.63, 3.8) is 0 Å². The Hall–Kier alpha value is -0.940. The van der Waals surface area contributed by atoms with Crippen molar-refractivity contribution in [3.8, 4) is 0 Å². The average molecular weight is 264 g/mol. The Labute approximate surface area is 114 Å². The van der Waals surface area contributed by atoms with E-state index in [2.05, 4.69) is 22.1 Å². The van der Waals surface area contributed by atoms with E-state index in [1.54, 1.807) is 0 Å². The van der Waals surface area contributed by atoms with Gasteiger partial charge in [0.05, 0.1) is 6.54 Å². The quantitative estimate of drug-likeness (QED) is 0.879. The van der Waals surface area contributed by atoms with E-state index in [-0.39, 0.29) is 0 Å². The van der Waals surface area contributed by atoms with Crippen LogP contribution in [0.4, 0.5) is 0 Å². The fourth-order valence-electron chi connectivity index (χ4n) is 3.21. The molecule has 1 aromatic rings. The molecule has 2 atom stereocenters. The maximum Gasteiger partial charge on any atom is 0.229 e. The second kappa shape index (κ2) is 5.59. The van der Waals surface area contributed by atoms with Crippen LogP contribution in [0.2, 0.25) is 0 Å². The van der Waals surface area contributed by atoms with Crippen LogP contribution in [0, 0.1) is 5.92 Å². The Morgan fingerprint density at radius 3 is 2.79 bits per heavy atom. The molecule has 0 bridgehead atoms. The molecule has 2 aliphatic rings. The van der Waals surface area contributed by atoms with E-state index in [4.69, 9.17) is 10.3 Å². The zero-order chi connectivity index (χ0) is 13.2. The third-order valence-corrected chi connectivity index (χ3v) is 4.54. The van der Waals surface area contributed by atoms with Crippen molar-refractivity contribution in [1.29, 1.82) is 0 Å². The molecule has 3 rings (SSSR count). The lowest BCUT2D eigenvalue weighted by molar-refractivity contribution is 0.124. The first kappa shape index (κ1) is 13.1. The lowest BCUT2D eigenvalue weighted by Gasteiger charge is -2.36. The molecule has 0 radical (unpaired) electrons. The van der Waals surface area contributed by atoms with Gasteiger partial charge in [0, 0.05) is 12.0 Å². The van der Waals surface area contributed by atoms with Crippen molar-refractivity contribution in [3.05, 3.63) is 11.7 Å². The minimum atomic E-state index is 0.540. The zero-order valence-corrected chi connectivity index (χ0v) is 11.7. The Morgan fingerprint density at radius 2 is 2.05 bits per heavy atom. The number of nitrogens with zero attached hydrogens (tertiary/aromatic N) is 3. The molecule has 0 saturated heterocycles. The van der Waals surface area contributed by atoms with Crippen LogP contribution < -0.4 is 5.73 Å². The molecule has 106 valence electrons. The molecule has 2 saturated carbocycles. The van der Waals surface area contributed by atoms with Gasteiger partial charge in [0.15, 0.2) is 5.82 Å². The lowest BCUT2D eigenvalue weighted by Crippen LogP contribution is -2.42. The topological polar surface area (TPSA) is 68.2 Å². The summed E-state index contributed by atoms with van der Waals surface area (Å²) in [6, 6.07) is 0.571. The highest BCUT2D eigenvalue weighted by Crippen LogP contribution is 2.39. The normalized spacial score (nSPS) is 27.9. The first-order valence-corrected chi connectivity index (χ1v) is 7.50. The van der Waals surface area contributed by atoms with E-state index in [1.165, 1.54) is 38.5 Å². The molecular formula is C14H24N4O. The van der Waals surface area contributed by atoms with Gasteiger partial charge in [0.2, 0.25) is 5.89 Å². The lowest BCUT2D eigenvalue weighted by atomic mass is 9.84. The minimum Gasteiger partial charge on any atom is -0.339 e. The van der Waals surface area contributed by atoms with Crippen molar-refractivity contribution in [1.82, 2.24) is 15.0 Å². The molecule has 1 aromatic heterocycles. The van der Waals surface area contributed by atoms with E-state index >= 15 is 0 Å². The van der Waals surface area contributed by atoms with Crippen LogP contribution in [-0.2, 0) is 6.54 Å². The molecule has 0 amide bonds. The van der Waals surface area contributed by atoms with E-state index in [0.717, 1.165) is 24.8 Å². The van der Waals surface area contributed by atoms with E-state index in [9.17, 15) is 0 Å². The number of rotatable bonds is 5. The summed E-state index contributed by atoms with van der Waals surface area (Å²) < 4.78 is 5.32. The SMILES string of the molecule is CN(Cc1noc(C2CC2)n1)C1CCCCC1CN. The summed E-state index contributed by atoms with van der Waals surface area (Å²) in [4.78, 5) is 6.87. The molecule has 2 N–H and O–H groups in total. The summed E-state index contributed by atoms with van der Waals surface area (Å²) in [6.45, 7) is 1.56. The zero-order valence-electron chi connectivity index (χ0n) is 11.7. The van der Waals surface area contributed by atoms with Gasteiger partial charge in [-0.1, -0.05) is 18.0 Å². The summed E-state index contributed by atoms with van der Waals surface area (Å²) in [5, 5.41) is 4.10. The highest BCUT2D eigenvalue weighted by Gasteiger charge is 2.31. The smallest absolute Gasteiger partial charge is 0.229 e. The Balaban J connectivity index is 1.60. The van der Waals surface area contributed by atoms with Crippen molar-refractivity contribution in [2.75, 3.05) is 13.6 Å². The standard InChI is InChI=1S/C14H24N4O/c1-18(12-5-3-2-4-11(12)8-15)9-13-16-14(19-17-13)10-6-7-10/h10-12H,2-9,15H2,1H3. The molecule has 0 spiro atoms. The van der Waals surface area contributed by atoms with Gasteiger partial charge in [-0.15, -0.1) is 0 Å². The summed E-state index contributed by atoms with van der Waals surface area (Å²) in [6.07, 6.45) is 7.53. The largest absolute Gasteiger partial charge is 0.339 e. The predicted octanol–water partition coefficient (Wildman–Crippen LogP) is 1.90. The van der Waals surface area contributed by atoms with Crippen LogP contribution in [-0.4, -0.2) is 34.7 Å². The van der Waals surface area contributed by atoms with Gasteiger partial charge in [-0.25, -0.2) is 0 Å². The second-order valence-corrected chi connectivity index (χ2v) is 6.09. The number of nitrogens with two attached hydrogens (primary N) is 1. The van der Waals surface area contributed by atoms with Crippen LogP contribution in [0.5, 0.6) is 0 Å². The number of hydrogen-bond acceptors (Lipinski definition) is 5. The summed E-state index contributed by atoms with van der Waals surface area (Å²) >= 11 is 0. The summed E-state index contributed by atoms with van der Waals surface area (Å²) in [7, 11) is 2.16. The second-order valence-electron chi connectivity index (χ2n) is 6.09. The third kappa shape index (κ3) is 2.98. The van der Waals surface area contributed by atoms with Crippen LogP contribution in [0.3, 0.4) is 0 Å². The van der Waals surface area contributed by atoms with E-state index in [1.807, 2.05) is 0 Å². The molecule has 5 nitrogen and oxygen atoms in total. The van der Waals surface area contributed by atoms with Crippen LogP contribution in [0.25, 0.3) is 0 Å². The molecule has 2 aliphatic carbocycles. The average Bonchev–Trinajstić information content (AvgIpc) is 3.19. The van der Waals surface area contributed by atoms with Gasteiger partial charge in [-0.3, -0.25) is 4.90 Å². The maximum atomic E-state index is 5.90. The minimum absolute atomic E-state index is 0.540. The first-order valence-electron chi connectivity index (χ1n) is 7.50. The molecule has 2 unspecified atom stereocenters. The Bertz CT molecular complexity index is 415. The monoisotopic (exact) mass is 264 g/mol. The van der Waals surface area contributed by atoms with Crippen LogP contribution in [0.15, 0.2) is 4.52 Å². The van der Waals surface area contributed by atoms with Gasteiger partial charge in [0.1, 0.15) is 0 Å². The van der Waals surface area contributed by atoms with E-state index < -0.39 is 0 Å². The van der Waals surface area contributed by atoms with Gasteiger partial charge >= 0.3 is 0 Å². The summed E-state index contributed by atoms with van der Waals surface area (Å²) in [5.74, 6) is 2.82. The molecular weight excluding hydrogens is 240 g/mol. The fraction of sp³-hybridized carbons (Fsp3) is 0.857. The molecule has 5 heteroatoms. The van der Waals surface area contributed by atoms with Crippen LogP contribution in [0.1, 0.15) is 56.2 Å². The molecule has 1 heterocycles. The van der Waals surface area contributed by atoms with Gasteiger partial charge in [-0.2, -0.15) is 4.98 Å². The van der Waals surface area contributed by atoms with Crippen molar-refractivity contribution < 1.29 is 4.52 Å². The predicted molar refractivity (Wildman–Crippen MR) is 72.5 cm³/mol. The highest BCUT2D eigenvalue weighted by atomic mass is 16.5. The summed E-state index contributed by atoms with van der Waals surface area (Å²) in [5.41, 5.74) is 5.90. The molecule has 0 aliphatic heterocycles. The van der Waals surface area contributed by atoms with E-state index in [0.29, 0.717) is 17.9 Å². The first-order chi connectivity index (χ1) is 9.28. The van der Waals surface area contributed by atoms with Crippen molar-refractivity contribution in [2.24, 2.45) is 11.7 Å². The molecule has 19 heavy (non-hydrogen) atoms. The fourth-order valence-corrected chi connectivity index (χ4v) is 3.21. The van der Waals surface area contributed by atoms with Crippen molar-refractivity contribution >= 4 is 0 Å². The number of aromatic nitrogens is 2. The maximum absolute atomic E-state index is 5.90. The Kier molecular flexibility index (Phi) is 3.84. The van der Waals surface area contributed by atoms with Gasteiger partial charge in [0.25, 0.3) is 0 Å². The Morgan fingerprint density at radius 1 is 1.26 bits per heavy atom. The van der Waals surface area contributed by atoms with Crippen molar-refractivity contribution in [2.45, 2.75) is 57.0 Å². The van der Waals surface area contributed by atoms with Gasteiger partial charge < -0.3 is 10.3 Å². The highest BCUT2D eigenvalue weighted by molar-refractivity contribution is 5.01. The van der Waals surface area contributed by atoms with Crippen LogP contribution >= 0.6 is 0 Å². The number of hydrogen-bond donors (Lipinski definition) is 1. The third-order valence-electron chi connectivity index (χ3n) is 4.54. The molecule has 2 fully saturated rings. The van der Waals surface area contributed by atoms with Gasteiger partial charge in [-0.05, 0) is 45.2 Å².